The Morgan fingerprint density at radius 3 is 2.47 bits per heavy atom. The summed E-state index contributed by atoms with van der Waals surface area (Å²) in [6.45, 7) is 1.23. The molecule has 1 heterocycles. The van der Waals surface area contributed by atoms with Gasteiger partial charge >= 0.3 is 0 Å². The number of methoxy groups -OCH3 is 2. The number of hydrogen-bond donors (Lipinski definition) is 1. The highest BCUT2D eigenvalue weighted by atomic mass is 16.5. The minimum absolute atomic E-state index is 0.478. The van der Waals surface area contributed by atoms with Crippen LogP contribution in [0.25, 0.3) is 11.4 Å². The van der Waals surface area contributed by atoms with Gasteiger partial charge in [0, 0.05) is 0 Å². The van der Waals surface area contributed by atoms with Crippen LogP contribution >= 0.6 is 0 Å². The van der Waals surface area contributed by atoms with Crippen molar-refractivity contribution in [2.45, 2.75) is 13.0 Å². The van der Waals surface area contributed by atoms with E-state index in [2.05, 4.69) is 15.4 Å². The number of nitrogens with zero attached hydrogens (tertiary/aromatic N) is 4. The Bertz CT molecular complexity index is 518. The Morgan fingerprint density at radius 2 is 1.89 bits per heavy atom. The van der Waals surface area contributed by atoms with E-state index >= 15 is 0 Å². The maximum atomic E-state index is 5.46. The highest BCUT2D eigenvalue weighted by Gasteiger charge is 2.17. The van der Waals surface area contributed by atoms with Crippen molar-refractivity contribution in [3.63, 3.8) is 0 Å². The third kappa shape index (κ3) is 2.82. The first kappa shape index (κ1) is 13.3. The van der Waals surface area contributed by atoms with Crippen molar-refractivity contribution >= 4 is 0 Å². The lowest BCUT2D eigenvalue weighted by Gasteiger charge is -2.09. The highest BCUT2D eigenvalue weighted by molar-refractivity contribution is 5.71. The van der Waals surface area contributed by atoms with E-state index < -0.39 is 0 Å². The van der Waals surface area contributed by atoms with E-state index in [-0.39, 0.29) is 0 Å². The molecule has 19 heavy (non-hydrogen) atoms. The first-order valence-electron chi connectivity index (χ1n) is 5.99. The standard InChI is InChI=1S/C12H17N5O2/c1-18-9-5-3-6-10(19-2)11(9)12-14-16-17(15-12)8-4-7-13/h3,5-6H,4,7-8,13H2,1-2H3. The second kappa shape index (κ2) is 6.14. The van der Waals surface area contributed by atoms with Crippen LogP contribution in [0.5, 0.6) is 11.5 Å². The monoisotopic (exact) mass is 263 g/mol. The molecule has 0 bridgehead atoms. The summed E-state index contributed by atoms with van der Waals surface area (Å²) < 4.78 is 10.6. The average Bonchev–Trinajstić information content (AvgIpc) is 2.92. The van der Waals surface area contributed by atoms with E-state index in [0.717, 1.165) is 6.42 Å². The van der Waals surface area contributed by atoms with E-state index in [0.29, 0.717) is 36.0 Å². The van der Waals surface area contributed by atoms with Gasteiger partial charge in [0.2, 0.25) is 5.82 Å². The van der Waals surface area contributed by atoms with Crippen molar-refractivity contribution in [3.05, 3.63) is 18.2 Å². The van der Waals surface area contributed by atoms with Crippen molar-refractivity contribution in [2.24, 2.45) is 5.73 Å². The molecule has 2 N–H and O–H groups in total. The Morgan fingerprint density at radius 1 is 1.21 bits per heavy atom. The molecule has 0 fully saturated rings. The fraction of sp³-hybridized carbons (Fsp3) is 0.417. The van der Waals surface area contributed by atoms with E-state index in [1.165, 1.54) is 4.80 Å². The zero-order valence-corrected chi connectivity index (χ0v) is 11.0. The van der Waals surface area contributed by atoms with Crippen LogP contribution in [0.4, 0.5) is 0 Å². The summed E-state index contributed by atoms with van der Waals surface area (Å²) in [6, 6.07) is 5.51. The van der Waals surface area contributed by atoms with Gasteiger partial charge in [-0.1, -0.05) is 6.07 Å². The van der Waals surface area contributed by atoms with Gasteiger partial charge in [-0.05, 0) is 30.3 Å². The molecule has 0 aliphatic heterocycles. The Hall–Kier alpha value is -2.15. The fourth-order valence-corrected chi connectivity index (χ4v) is 1.74. The SMILES string of the molecule is COc1cccc(OC)c1-c1nnn(CCCN)n1. The minimum atomic E-state index is 0.478. The van der Waals surface area contributed by atoms with Crippen LogP contribution in [-0.2, 0) is 6.54 Å². The third-order valence-electron chi connectivity index (χ3n) is 2.67. The number of aryl methyl sites for hydroxylation is 1. The first-order valence-corrected chi connectivity index (χ1v) is 5.99. The van der Waals surface area contributed by atoms with E-state index in [4.69, 9.17) is 15.2 Å². The molecule has 7 nitrogen and oxygen atoms in total. The summed E-state index contributed by atoms with van der Waals surface area (Å²) in [5.74, 6) is 1.78. The fourth-order valence-electron chi connectivity index (χ4n) is 1.74. The van der Waals surface area contributed by atoms with Crippen molar-refractivity contribution in [1.29, 1.82) is 0 Å². The topological polar surface area (TPSA) is 88.1 Å². The van der Waals surface area contributed by atoms with Crippen LogP contribution in [0, 0.1) is 0 Å². The van der Waals surface area contributed by atoms with Crippen molar-refractivity contribution < 1.29 is 9.47 Å². The molecule has 0 unspecified atom stereocenters. The number of hydrogen-bond acceptors (Lipinski definition) is 6. The molecule has 2 rings (SSSR count). The van der Waals surface area contributed by atoms with E-state index in [9.17, 15) is 0 Å². The average molecular weight is 263 g/mol. The predicted octanol–water partition coefficient (Wildman–Crippen LogP) is 0.706. The van der Waals surface area contributed by atoms with Gasteiger partial charge < -0.3 is 15.2 Å². The summed E-state index contributed by atoms with van der Waals surface area (Å²) >= 11 is 0. The number of tetrazole rings is 1. The molecule has 0 spiro atoms. The normalized spacial score (nSPS) is 10.5. The molecule has 0 saturated carbocycles. The van der Waals surface area contributed by atoms with Crippen LogP contribution in [-0.4, -0.2) is 41.0 Å². The molecule has 0 atom stereocenters. The smallest absolute Gasteiger partial charge is 0.212 e. The van der Waals surface area contributed by atoms with Gasteiger partial charge in [0.1, 0.15) is 17.1 Å². The molecule has 0 aliphatic rings. The zero-order valence-electron chi connectivity index (χ0n) is 11.0. The van der Waals surface area contributed by atoms with Gasteiger partial charge in [-0.25, -0.2) is 0 Å². The molecule has 0 aliphatic carbocycles. The lowest BCUT2D eigenvalue weighted by molar-refractivity contribution is 0.396. The molecule has 1 aromatic heterocycles. The number of rotatable bonds is 6. The predicted molar refractivity (Wildman–Crippen MR) is 70.0 cm³/mol. The molecular weight excluding hydrogens is 246 g/mol. The van der Waals surface area contributed by atoms with Gasteiger partial charge in [0.15, 0.2) is 0 Å². The number of nitrogens with two attached hydrogens (primary N) is 1. The molecule has 2 aromatic rings. The summed E-state index contributed by atoms with van der Waals surface area (Å²) in [6.07, 6.45) is 0.804. The van der Waals surface area contributed by atoms with Crippen molar-refractivity contribution in [1.82, 2.24) is 20.2 Å². The van der Waals surface area contributed by atoms with Gasteiger partial charge in [-0.2, -0.15) is 4.80 Å². The second-order valence-corrected chi connectivity index (χ2v) is 3.89. The zero-order chi connectivity index (χ0) is 13.7. The van der Waals surface area contributed by atoms with Crippen molar-refractivity contribution in [3.8, 4) is 22.9 Å². The molecule has 102 valence electrons. The Labute approximate surface area is 111 Å². The summed E-state index contributed by atoms with van der Waals surface area (Å²) in [7, 11) is 3.19. The van der Waals surface area contributed by atoms with Gasteiger partial charge in [0.05, 0.1) is 20.8 Å². The number of benzene rings is 1. The molecule has 1 aromatic carbocycles. The van der Waals surface area contributed by atoms with Crippen LogP contribution < -0.4 is 15.2 Å². The van der Waals surface area contributed by atoms with Gasteiger partial charge in [-0.15, -0.1) is 10.2 Å². The maximum Gasteiger partial charge on any atom is 0.212 e. The van der Waals surface area contributed by atoms with Gasteiger partial charge in [0.25, 0.3) is 0 Å². The van der Waals surface area contributed by atoms with Gasteiger partial charge in [-0.3, -0.25) is 0 Å². The molecule has 7 heteroatoms. The molecule has 0 saturated heterocycles. The Balaban J connectivity index is 2.37. The van der Waals surface area contributed by atoms with Crippen LogP contribution in [0.15, 0.2) is 18.2 Å². The number of ether oxygens (including phenoxy) is 2. The summed E-state index contributed by atoms with van der Waals surface area (Å²) in [5.41, 5.74) is 6.16. The molecule has 0 amide bonds. The summed E-state index contributed by atoms with van der Waals surface area (Å²) in [5, 5.41) is 12.3. The van der Waals surface area contributed by atoms with Crippen LogP contribution in [0.2, 0.25) is 0 Å². The second-order valence-electron chi connectivity index (χ2n) is 3.89. The number of aromatic nitrogens is 4. The van der Waals surface area contributed by atoms with E-state index in [1.807, 2.05) is 18.2 Å². The van der Waals surface area contributed by atoms with E-state index in [1.54, 1.807) is 14.2 Å². The maximum absolute atomic E-state index is 5.46. The van der Waals surface area contributed by atoms with Crippen LogP contribution in [0.1, 0.15) is 6.42 Å². The minimum Gasteiger partial charge on any atom is -0.496 e. The quantitative estimate of drug-likeness (QED) is 0.825. The highest BCUT2D eigenvalue weighted by Crippen LogP contribution is 2.35. The van der Waals surface area contributed by atoms with Crippen LogP contribution in [0.3, 0.4) is 0 Å². The third-order valence-corrected chi connectivity index (χ3v) is 2.67. The molecule has 0 radical (unpaired) electrons. The first-order chi connectivity index (χ1) is 9.30. The van der Waals surface area contributed by atoms with Crippen molar-refractivity contribution in [2.75, 3.05) is 20.8 Å². The Kier molecular flexibility index (Phi) is 4.30. The lowest BCUT2D eigenvalue weighted by atomic mass is 10.1. The molecular formula is C12H17N5O2. The lowest BCUT2D eigenvalue weighted by Crippen LogP contribution is -2.08. The largest absolute Gasteiger partial charge is 0.496 e. The summed E-state index contributed by atoms with van der Waals surface area (Å²) in [4.78, 5) is 1.52.